The van der Waals surface area contributed by atoms with Crippen LogP contribution in [0.5, 0.6) is 0 Å². The van der Waals surface area contributed by atoms with Crippen molar-refractivity contribution in [2.45, 2.75) is 39.3 Å². The number of carbonyl (C=O) groups is 4. The highest BCUT2D eigenvalue weighted by Gasteiger charge is 2.40. The molecule has 0 saturated carbocycles. The van der Waals surface area contributed by atoms with Crippen LogP contribution in [0.25, 0.3) is 5.70 Å². The molecule has 8 nitrogen and oxygen atoms in total. The molecule has 1 aliphatic rings. The van der Waals surface area contributed by atoms with Gasteiger partial charge in [0, 0.05) is 31.1 Å². The summed E-state index contributed by atoms with van der Waals surface area (Å²) in [5.41, 5.74) is 2.03. The number of amides is 3. The summed E-state index contributed by atoms with van der Waals surface area (Å²) in [6.07, 6.45) is 3.47. The van der Waals surface area contributed by atoms with Crippen molar-refractivity contribution in [2.24, 2.45) is 5.92 Å². The fourth-order valence-corrected chi connectivity index (χ4v) is 5.14. The highest BCUT2D eigenvalue weighted by Crippen LogP contribution is 2.30. The van der Waals surface area contributed by atoms with Gasteiger partial charge in [-0.2, -0.15) is 0 Å². The molecule has 1 N–H and O–H groups in total. The van der Waals surface area contributed by atoms with Gasteiger partial charge in [-0.3, -0.25) is 24.1 Å². The lowest BCUT2D eigenvalue weighted by molar-refractivity contribution is -0.144. The summed E-state index contributed by atoms with van der Waals surface area (Å²) in [4.78, 5) is 59.8. The van der Waals surface area contributed by atoms with E-state index in [0.717, 1.165) is 5.56 Å². The molecule has 0 spiro atoms. The Morgan fingerprint density at radius 3 is 2.26 bits per heavy atom. The molecule has 0 radical (unpaired) electrons. The van der Waals surface area contributed by atoms with E-state index in [1.807, 2.05) is 74.5 Å². The zero-order valence-electron chi connectivity index (χ0n) is 21.5. The molecular formula is C29H30N4O4S. The number of hydrogen-bond acceptors (Lipinski definition) is 6. The van der Waals surface area contributed by atoms with Gasteiger partial charge in [0.25, 0.3) is 5.91 Å². The van der Waals surface area contributed by atoms with Gasteiger partial charge in [0.2, 0.25) is 17.6 Å². The third-order valence-electron chi connectivity index (χ3n) is 6.31. The Kier molecular flexibility index (Phi) is 8.48. The van der Waals surface area contributed by atoms with E-state index in [1.54, 1.807) is 17.8 Å². The summed E-state index contributed by atoms with van der Waals surface area (Å²) >= 11 is 1.21. The first-order valence-electron chi connectivity index (χ1n) is 12.4. The number of nitrogens with zero attached hydrogens (tertiary/aromatic N) is 3. The molecule has 0 fully saturated rings. The minimum atomic E-state index is -0.852. The summed E-state index contributed by atoms with van der Waals surface area (Å²) in [5, 5.41) is 4.87. The van der Waals surface area contributed by atoms with Crippen LogP contribution in [0, 0.1) is 5.92 Å². The number of rotatable bonds is 9. The molecule has 1 unspecified atom stereocenters. The zero-order chi connectivity index (χ0) is 27.2. The third kappa shape index (κ3) is 6.06. The zero-order valence-corrected chi connectivity index (χ0v) is 22.4. The minimum Gasteiger partial charge on any atom is -0.344 e. The van der Waals surface area contributed by atoms with Crippen LogP contribution in [-0.4, -0.2) is 56.9 Å². The molecule has 9 heteroatoms. The second-order valence-corrected chi connectivity index (χ2v) is 10.3. The molecule has 3 aromatic rings. The van der Waals surface area contributed by atoms with Crippen molar-refractivity contribution in [3.8, 4) is 0 Å². The number of Topliss-reactive ketones (excluding diaryl/α,β-unsaturated/α-hetero) is 1. The van der Waals surface area contributed by atoms with Gasteiger partial charge in [-0.1, -0.05) is 74.5 Å². The molecule has 0 bridgehead atoms. The van der Waals surface area contributed by atoms with E-state index in [9.17, 15) is 19.2 Å². The van der Waals surface area contributed by atoms with Crippen LogP contribution in [0.2, 0.25) is 0 Å². The number of nitrogens with one attached hydrogen (secondary N) is 1. The smallest absolute Gasteiger partial charge is 0.250 e. The second-order valence-electron chi connectivity index (χ2n) is 9.43. The molecule has 2 atom stereocenters. The quantitative estimate of drug-likeness (QED) is 0.425. The molecule has 4 rings (SSSR count). The van der Waals surface area contributed by atoms with Crippen LogP contribution >= 0.6 is 11.3 Å². The van der Waals surface area contributed by atoms with Crippen LogP contribution in [0.15, 0.2) is 78.4 Å². The Hall–Kier alpha value is -4.11. The first kappa shape index (κ1) is 26.9. The standard InChI is InChI=1S/C29H30N4O4S/c1-19(2)26-29(37)33(24(17-32(26)20(3)34)22-12-8-5-9-13-22)18-25(35)31-23(16-21-10-6-4-7-11-21)27(36)28-30-14-15-38-28/h4-15,17,19,23,26H,16,18H2,1-3H3,(H,31,35)/t23-,26?/m0/s1. The molecule has 38 heavy (non-hydrogen) atoms. The maximum Gasteiger partial charge on any atom is 0.250 e. The number of carbonyl (C=O) groups excluding carboxylic acids is 4. The van der Waals surface area contributed by atoms with Crippen molar-refractivity contribution >= 4 is 40.5 Å². The summed E-state index contributed by atoms with van der Waals surface area (Å²) in [7, 11) is 0. The number of hydrogen-bond donors (Lipinski definition) is 1. The van der Waals surface area contributed by atoms with Gasteiger partial charge in [-0.05, 0) is 17.0 Å². The molecule has 0 saturated heterocycles. The largest absolute Gasteiger partial charge is 0.344 e. The van der Waals surface area contributed by atoms with E-state index in [0.29, 0.717) is 16.3 Å². The monoisotopic (exact) mass is 530 g/mol. The van der Waals surface area contributed by atoms with E-state index in [-0.39, 0.29) is 36.5 Å². The average Bonchev–Trinajstić information content (AvgIpc) is 3.44. The van der Waals surface area contributed by atoms with Crippen molar-refractivity contribution in [2.75, 3.05) is 6.54 Å². The van der Waals surface area contributed by atoms with Crippen LogP contribution in [0.3, 0.4) is 0 Å². The van der Waals surface area contributed by atoms with E-state index in [4.69, 9.17) is 0 Å². The summed E-state index contributed by atoms with van der Waals surface area (Å²) in [6.45, 7) is 4.84. The highest BCUT2D eigenvalue weighted by molar-refractivity contribution is 7.11. The van der Waals surface area contributed by atoms with Gasteiger partial charge in [-0.15, -0.1) is 11.3 Å². The predicted molar refractivity (Wildman–Crippen MR) is 146 cm³/mol. The number of aromatic nitrogens is 1. The molecule has 1 aromatic heterocycles. The first-order valence-corrected chi connectivity index (χ1v) is 13.3. The molecule has 196 valence electrons. The maximum absolute atomic E-state index is 13.7. The van der Waals surface area contributed by atoms with Crippen molar-refractivity contribution in [3.05, 3.63) is 94.6 Å². The summed E-state index contributed by atoms with van der Waals surface area (Å²) in [6, 6.07) is 17.0. The molecule has 3 amide bonds. The number of thiazole rings is 1. The van der Waals surface area contributed by atoms with Gasteiger partial charge in [0.15, 0.2) is 5.01 Å². The topological polar surface area (TPSA) is 99.7 Å². The third-order valence-corrected chi connectivity index (χ3v) is 7.10. The molecular weight excluding hydrogens is 500 g/mol. The van der Waals surface area contributed by atoms with Crippen molar-refractivity contribution in [3.63, 3.8) is 0 Å². The maximum atomic E-state index is 13.7. The summed E-state index contributed by atoms with van der Waals surface area (Å²) < 4.78 is 0. The second kappa shape index (κ2) is 12.0. The van der Waals surface area contributed by atoms with Crippen LogP contribution < -0.4 is 5.32 Å². The first-order chi connectivity index (χ1) is 18.3. The van der Waals surface area contributed by atoms with E-state index < -0.39 is 18.0 Å². The SMILES string of the molecule is CC(=O)N1C=C(c2ccccc2)N(CC(=O)N[C@@H](Cc2ccccc2)C(=O)c2nccs2)C(=O)C1C(C)C. The summed E-state index contributed by atoms with van der Waals surface area (Å²) in [5.74, 6) is -1.56. The Labute approximate surface area is 226 Å². The number of ketones is 1. The predicted octanol–water partition coefficient (Wildman–Crippen LogP) is 3.77. The van der Waals surface area contributed by atoms with E-state index >= 15 is 0 Å². The van der Waals surface area contributed by atoms with E-state index in [2.05, 4.69) is 10.3 Å². The van der Waals surface area contributed by atoms with E-state index in [1.165, 1.54) is 28.1 Å². The molecule has 2 aromatic carbocycles. The minimum absolute atomic E-state index is 0.178. The van der Waals surface area contributed by atoms with Crippen molar-refractivity contribution in [1.82, 2.24) is 20.1 Å². The lowest BCUT2D eigenvalue weighted by Gasteiger charge is -2.40. The van der Waals surface area contributed by atoms with Crippen molar-refractivity contribution < 1.29 is 19.2 Å². The van der Waals surface area contributed by atoms with Crippen molar-refractivity contribution in [1.29, 1.82) is 0 Å². The lowest BCUT2D eigenvalue weighted by atomic mass is 9.97. The van der Waals surface area contributed by atoms with Crippen LogP contribution in [0.4, 0.5) is 0 Å². The van der Waals surface area contributed by atoms with Crippen LogP contribution in [0.1, 0.15) is 41.7 Å². The molecule has 1 aliphatic heterocycles. The van der Waals surface area contributed by atoms with Gasteiger partial charge >= 0.3 is 0 Å². The molecule has 2 heterocycles. The Bertz CT molecular complexity index is 1320. The average molecular weight is 531 g/mol. The number of benzene rings is 2. The highest BCUT2D eigenvalue weighted by atomic mass is 32.1. The fourth-order valence-electron chi connectivity index (χ4n) is 4.51. The Morgan fingerprint density at radius 2 is 1.68 bits per heavy atom. The van der Waals surface area contributed by atoms with Gasteiger partial charge < -0.3 is 10.2 Å². The van der Waals surface area contributed by atoms with Gasteiger partial charge in [0.05, 0.1) is 11.7 Å². The molecule has 0 aliphatic carbocycles. The Morgan fingerprint density at radius 1 is 1.03 bits per heavy atom. The normalized spacial score (nSPS) is 16.3. The Balaban J connectivity index is 1.63. The van der Waals surface area contributed by atoms with Crippen LogP contribution in [-0.2, 0) is 20.8 Å². The lowest BCUT2D eigenvalue weighted by Crippen LogP contribution is -2.56. The van der Waals surface area contributed by atoms with Gasteiger partial charge in [-0.25, -0.2) is 4.98 Å². The fraction of sp³-hybridized carbons (Fsp3) is 0.276. The van der Waals surface area contributed by atoms with Gasteiger partial charge in [0.1, 0.15) is 12.6 Å².